The highest BCUT2D eigenvalue weighted by molar-refractivity contribution is 7.80. The Hall–Kier alpha value is 0.0900. The quantitative estimate of drug-likeness (QED) is 0.427. The molecule has 0 spiro atoms. The van der Waals surface area contributed by atoms with Crippen molar-refractivity contribution in [3.63, 3.8) is 0 Å². The summed E-state index contributed by atoms with van der Waals surface area (Å²) in [6.45, 7) is 1.96. The lowest BCUT2D eigenvalue weighted by atomic mass is 10.6. The third-order valence-corrected chi connectivity index (χ3v) is 0.524. The molecule has 29 valence electrons. The molecule has 0 bridgehead atoms. The van der Waals surface area contributed by atoms with Crippen molar-refractivity contribution in [2.75, 3.05) is 5.75 Å². The van der Waals surface area contributed by atoms with Crippen molar-refractivity contribution in [1.29, 1.82) is 0 Å². The van der Waals surface area contributed by atoms with Gasteiger partial charge in [-0.3, -0.25) is 0 Å². The van der Waals surface area contributed by atoms with Crippen LogP contribution in [0.2, 0.25) is 0 Å². The van der Waals surface area contributed by atoms with Crippen molar-refractivity contribution in [2.24, 2.45) is 0 Å². The molecule has 0 rings (SSSR count). The van der Waals surface area contributed by atoms with Gasteiger partial charge in [0.25, 0.3) is 0 Å². The van der Waals surface area contributed by atoms with E-state index in [-0.39, 0.29) is 0 Å². The van der Waals surface area contributed by atoms with Gasteiger partial charge in [-0.25, -0.2) is 0 Å². The van der Waals surface area contributed by atoms with Gasteiger partial charge in [0, 0.05) is 5.75 Å². The molecule has 0 aliphatic heterocycles. The van der Waals surface area contributed by atoms with E-state index in [0.29, 0.717) is 0 Å². The summed E-state index contributed by atoms with van der Waals surface area (Å²) in [7, 11) is 0. The normalized spacial score (nSPS) is 10.0. The molecule has 0 nitrogen and oxygen atoms in total. The molecule has 0 N–H and O–H groups in total. The van der Waals surface area contributed by atoms with Crippen LogP contribution in [0.1, 0.15) is 6.92 Å². The number of hydrogen-bond donors (Lipinski definition) is 0. The highest BCUT2D eigenvalue weighted by Crippen LogP contribution is 1.72. The highest BCUT2D eigenvalue weighted by atomic mass is 32.1. The van der Waals surface area contributed by atoms with Crippen LogP contribution in [0.25, 0.3) is 0 Å². The summed E-state index contributed by atoms with van der Waals surface area (Å²) in [5, 5.41) is 0. The van der Waals surface area contributed by atoms with Crippen molar-refractivity contribution in [3.05, 3.63) is 12.2 Å². The summed E-state index contributed by atoms with van der Waals surface area (Å²) in [6.07, 6.45) is 3.89. The maximum absolute atomic E-state index is 4.56. The molecular formula is C4H7S. The SMILES string of the molecule is C/C=C/C[S]. The molecular weight excluding hydrogens is 80.1 g/mol. The summed E-state index contributed by atoms with van der Waals surface area (Å²) in [4.78, 5) is 0. The van der Waals surface area contributed by atoms with Gasteiger partial charge >= 0.3 is 0 Å². The first kappa shape index (κ1) is 5.09. The van der Waals surface area contributed by atoms with Crippen LogP contribution in [0.4, 0.5) is 0 Å². The summed E-state index contributed by atoms with van der Waals surface area (Å²) in [6, 6.07) is 0. The standard InChI is InChI=1S/C4H7S/c1-2-3-4-5/h2-3H,4H2,1H3/b3-2+. The largest absolute Gasteiger partial charge is 0.0908 e. The Morgan fingerprint density at radius 1 is 1.80 bits per heavy atom. The topological polar surface area (TPSA) is 0 Å². The second-order valence-electron chi connectivity index (χ2n) is 0.736. The second-order valence-corrected chi connectivity index (χ2v) is 1.07. The van der Waals surface area contributed by atoms with Crippen LogP contribution in [-0.4, -0.2) is 5.75 Å². The van der Waals surface area contributed by atoms with Gasteiger partial charge in [-0.1, -0.05) is 24.8 Å². The highest BCUT2D eigenvalue weighted by Gasteiger charge is 1.54. The number of rotatable bonds is 1. The Kier molecular flexibility index (Phi) is 4.16. The van der Waals surface area contributed by atoms with Crippen LogP contribution >= 0.6 is 12.6 Å². The Balaban J connectivity index is 2.62. The Morgan fingerprint density at radius 2 is 2.40 bits per heavy atom. The zero-order valence-corrected chi connectivity index (χ0v) is 4.09. The fraction of sp³-hybridized carbons (Fsp3) is 0.500. The molecule has 0 atom stereocenters. The molecule has 0 amide bonds. The monoisotopic (exact) mass is 87.0 g/mol. The fourth-order valence-corrected chi connectivity index (χ4v) is 0.289. The van der Waals surface area contributed by atoms with Crippen molar-refractivity contribution < 1.29 is 0 Å². The molecule has 0 aliphatic carbocycles. The summed E-state index contributed by atoms with van der Waals surface area (Å²) < 4.78 is 0. The smallest absolute Gasteiger partial charge is 0.0217 e. The van der Waals surface area contributed by atoms with Crippen LogP contribution < -0.4 is 0 Å². The zero-order chi connectivity index (χ0) is 4.12. The second kappa shape index (κ2) is 4.09. The van der Waals surface area contributed by atoms with Crippen molar-refractivity contribution >= 4 is 12.6 Å². The lowest BCUT2D eigenvalue weighted by Crippen LogP contribution is -1.51. The Morgan fingerprint density at radius 3 is 2.40 bits per heavy atom. The minimum Gasteiger partial charge on any atom is -0.0908 e. The third-order valence-electron chi connectivity index (χ3n) is 0.332. The molecule has 0 aromatic carbocycles. The first-order valence-electron chi connectivity index (χ1n) is 1.61. The van der Waals surface area contributed by atoms with Crippen LogP contribution in [0.5, 0.6) is 0 Å². The van der Waals surface area contributed by atoms with E-state index in [1.54, 1.807) is 0 Å². The van der Waals surface area contributed by atoms with Gasteiger partial charge in [0.15, 0.2) is 0 Å². The molecule has 0 fully saturated rings. The van der Waals surface area contributed by atoms with Crippen molar-refractivity contribution in [1.82, 2.24) is 0 Å². The number of allylic oxidation sites excluding steroid dienone is 1. The predicted molar refractivity (Wildman–Crippen MR) is 27.3 cm³/mol. The maximum atomic E-state index is 4.56. The van der Waals surface area contributed by atoms with Gasteiger partial charge in [-0.15, -0.1) is 0 Å². The summed E-state index contributed by atoms with van der Waals surface area (Å²) >= 11 is 4.56. The van der Waals surface area contributed by atoms with Crippen LogP contribution in [0.15, 0.2) is 12.2 Å². The fourth-order valence-electron chi connectivity index (χ4n) is 0.0962. The van der Waals surface area contributed by atoms with E-state index in [2.05, 4.69) is 12.6 Å². The first-order chi connectivity index (χ1) is 2.41. The molecule has 0 aliphatic rings. The minimum absolute atomic E-state index is 0.747. The summed E-state index contributed by atoms with van der Waals surface area (Å²) in [5.41, 5.74) is 0. The van der Waals surface area contributed by atoms with Gasteiger partial charge in [-0.2, -0.15) is 0 Å². The lowest BCUT2D eigenvalue weighted by molar-refractivity contribution is 1.66. The zero-order valence-electron chi connectivity index (χ0n) is 3.27. The molecule has 1 radical (unpaired) electrons. The molecule has 0 aromatic heterocycles. The third kappa shape index (κ3) is 4.09. The molecule has 0 saturated carbocycles. The van der Waals surface area contributed by atoms with Crippen molar-refractivity contribution in [2.45, 2.75) is 6.92 Å². The lowest BCUT2D eigenvalue weighted by Gasteiger charge is -1.63. The molecule has 0 aromatic rings. The summed E-state index contributed by atoms with van der Waals surface area (Å²) in [5.74, 6) is 0.747. The van der Waals surface area contributed by atoms with Crippen LogP contribution in [0.3, 0.4) is 0 Å². The minimum atomic E-state index is 0.747. The van der Waals surface area contributed by atoms with Crippen LogP contribution in [0, 0.1) is 0 Å². The molecule has 5 heavy (non-hydrogen) atoms. The van der Waals surface area contributed by atoms with E-state index >= 15 is 0 Å². The van der Waals surface area contributed by atoms with Gasteiger partial charge in [0.2, 0.25) is 0 Å². The van der Waals surface area contributed by atoms with Gasteiger partial charge < -0.3 is 0 Å². The van der Waals surface area contributed by atoms with Crippen molar-refractivity contribution in [3.8, 4) is 0 Å². The maximum Gasteiger partial charge on any atom is 0.0217 e. The van der Waals surface area contributed by atoms with E-state index in [0.717, 1.165) is 5.75 Å². The first-order valence-corrected chi connectivity index (χ1v) is 2.18. The van der Waals surface area contributed by atoms with Gasteiger partial charge in [0.1, 0.15) is 0 Å². The van der Waals surface area contributed by atoms with E-state index in [1.165, 1.54) is 0 Å². The van der Waals surface area contributed by atoms with Gasteiger partial charge in [-0.05, 0) is 6.92 Å². The van der Waals surface area contributed by atoms with E-state index in [1.807, 2.05) is 19.1 Å². The Bertz CT molecular complexity index is 30.6. The average molecular weight is 87.2 g/mol. The van der Waals surface area contributed by atoms with Gasteiger partial charge in [0.05, 0.1) is 0 Å². The number of hydrogen-bond acceptors (Lipinski definition) is 0. The Labute approximate surface area is 38.3 Å². The van der Waals surface area contributed by atoms with E-state index < -0.39 is 0 Å². The molecule has 1 heteroatoms. The average Bonchev–Trinajstić information content (AvgIpc) is 1.41. The molecule has 0 unspecified atom stereocenters. The predicted octanol–water partition coefficient (Wildman–Crippen LogP) is 1.76. The molecule has 0 heterocycles. The molecule has 0 saturated heterocycles. The van der Waals surface area contributed by atoms with Crippen LogP contribution in [-0.2, 0) is 0 Å². The van der Waals surface area contributed by atoms with E-state index in [4.69, 9.17) is 0 Å². The van der Waals surface area contributed by atoms with E-state index in [9.17, 15) is 0 Å².